The number of pyridine rings is 1. The standard InChI is InChI=1S/C30H35NO3S.C2H4O2/c1-18-20(3)30(33-13-7-15-35-5)21(4)19(2)29(18)25-9-6-8-24-23(25)10-11-26(24)34-28-16-27-22(17-31-28)12-14-32-27;1-2(3)4/h6,8-9,16-17,26H,7,10-15H2,1-5H3;1H3,(H,3,4). The van der Waals surface area contributed by atoms with Gasteiger partial charge in [-0.25, -0.2) is 4.98 Å². The Balaban J connectivity index is 0.000000826. The van der Waals surface area contributed by atoms with Crippen molar-refractivity contribution in [1.82, 2.24) is 4.98 Å². The summed E-state index contributed by atoms with van der Waals surface area (Å²) in [5.74, 6) is 2.91. The number of hydrogen-bond donors (Lipinski definition) is 1. The van der Waals surface area contributed by atoms with Crippen molar-refractivity contribution in [1.29, 1.82) is 0 Å². The van der Waals surface area contributed by atoms with E-state index in [1.54, 1.807) is 0 Å². The third kappa shape index (κ3) is 6.35. The number of thioether (sulfide) groups is 1. The van der Waals surface area contributed by atoms with Crippen molar-refractivity contribution in [2.24, 2.45) is 0 Å². The van der Waals surface area contributed by atoms with E-state index in [2.05, 4.69) is 57.1 Å². The van der Waals surface area contributed by atoms with Crippen molar-refractivity contribution in [2.75, 3.05) is 25.2 Å². The first-order chi connectivity index (χ1) is 18.7. The fraction of sp³-hybridized carbons (Fsp3) is 0.438. The first-order valence-electron chi connectivity index (χ1n) is 13.5. The zero-order valence-electron chi connectivity index (χ0n) is 23.8. The number of aliphatic carboxylic acids is 1. The molecule has 208 valence electrons. The summed E-state index contributed by atoms with van der Waals surface area (Å²) in [6, 6.07) is 8.61. The zero-order chi connectivity index (χ0) is 28.1. The Hall–Kier alpha value is -3.19. The predicted molar refractivity (Wildman–Crippen MR) is 158 cm³/mol. The van der Waals surface area contributed by atoms with Crippen molar-refractivity contribution in [3.05, 3.63) is 69.4 Å². The summed E-state index contributed by atoms with van der Waals surface area (Å²) in [5, 5.41) is 7.42. The molecule has 5 rings (SSSR count). The van der Waals surface area contributed by atoms with E-state index in [0.29, 0.717) is 5.88 Å². The first-order valence-corrected chi connectivity index (χ1v) is 14.9. The lowest BCUT2D eigenvalue weighted by Crippen LogP contribution is -2.07. The quantitative estimate of drug-likeness (QED) is 0.298. The summed E-state index contributed by atoms with van der Waals surface area (Å²) in [6.45, 7) is 11.5. The molecule has 0 bridgehead atoms. The van der Waals surface area contributed by atoms with Gasteiger partial charge in [-0.1, -0.05) is 18.2 Å². The van der Waals surface area contributed by atoms with Crippen LogP contribution in [-0.2, 0) is 17.6 Å². The SMILES string of the molecule is CC(=O)O.CSCCCOc1c(C)c(C)c(-c2cccc3c2CCC3Oc2cc3c(cn2)CCO3)c(C)c1C. The van der Waals surface area contributed by atoms with E-state index in [1.165, 1.54) is 50.1 Å². The van der Waals surface area contributed by atoms with Crippen molar-refractivity contribution in [2.45, 2.75) is 66.4 Å². The lowest BCUT2D eigenvalue weighted by atomic mass is 9.86. The van der Waals surface area contributed by atoms with Crippen LogP contribution < -0.4 is 14.2 Å². The molecule has 1 aliphatic carbocycles. The van der Waals surface area contributed by atoms with Crippen LogP contribution in [0, 0.1) is 27.7 Å². The third-order valence-electron chi connectivity index (χ3n) is 7.59. The van der Waals surface area contributed by atoms with E-state index < -0.39 is 5.97 Å². The number of rotatable bonds is 8. The maximum atomic E-state index is 9.00. The predicted octanol–water partition coefficient (Wildman–Crippen LogP) is 7.21. The van der Waals surface area contributed by atoms with E-state index in [-0.39, 0.29) is 6.10 Å². The Morgan fingerprint density at radius 3 is 2.54 bits per heavy atom. The fourth-order valence-electron chi connectivity index (χ4n) is 5.50. The highest BCUT2D eigenvalue weighted by molar-refractivity contribution is 7.98. The topological polar surface area (TPSA) is 77.9 Å². The molecular formula is C32H39NO5S. The van der Waals surface area contributed by atoms with Gasteiger partial charge in [0.15, 0.2) is 0 Å². The van der Waals surface area contributed by atoms with E-state index in [0.717, 1.165) is 63.1 Å². The van der Waals surface area contributed by atoms with Crippen LogP contribution in [0.2, 0.25) is 0 Å². The molecule has 2 heterocycles. The minimum absolute atomic E-state index is 0.0127. The minimum Gasteiger partial charge on any atom is -0.493 e. The lowest BCUT2D eigenvalue weighted by molar-refractivity contribution is -0.134. The summed E-state index contributed by atoms with van der Waals surface area (Å²) in [6.07, 6.45) is 8.01. The van der Waals surface area contributed by atoms with Crippen LogP contribution in [0.4, 0.5) is 0 Å². The van der Waals surface area contributed by atoms with Gasteiger partial charge in [-0.2, -0.15) is 11.8 Å². The zero-order valence-corrected chi connectivity index (χ0v) is 24.7. The highest BCUT2D eigenvalue weighted by Crippen LogP contribution is 2.45. The average Bonchev–Trinajstić information content (AvgIpc) is 3.54. The molecule has 2 aliphatic rings. The van der Waals surface area contributed by atoms with E-state index in [9.17, 15) is 0 Å². The molecule has 1 atom stereocenters. The summed E-state index contributed by atoms with van der Waals surface area (Å²) in [7, 11) is 0. The monoisotopic (exact) mass is 549 g/mol. The molecule has 0 radical (unpaired) electrons. The third-order valence-corrected chi connectivity index (χ3v) is 8.29. The van der Waals surface area contributed by atoms with Crippen LogP contribution in [-0.4, -0.2) is 41.3 Å². The largest absolute Gasteiger partial charge is 0.493 e. The number of ether oxygens (including phenoxy) is 3. The van der Waals surface area contributed by atoms with Gasteiger partial charge in [0.1, 0.15) is 17.6 Å². The van der Waals surface area contributed by atoms with E-state index in [4.69, 9.17) is 24.1 Å². The number of benzene rings is 2. The second-order valence-electron chi connectivity index (χ2n) is 10.2. The second kappa shape index (κ2) is 12.8. The fourth-order valence-corrected chi connectivity index (χ4v) is 5.91. The molecule has 1 aliphatic heterocycles. The van der Waals surface area contributed by atoms with Gasteiger partial charge in [0.05, 0.1) is 13.2 Å². The van der Waals surface area contributed by atoms with Crippen LogP contribution in [0.1, 0.15) is 64.8 Å². The Labute approximate surface area is 236 Å². The summed E-state index contributed by atoms with van der Waals surface area (Å²) in [5.41, 5.74) is 11.6. The molecule has 2 aromatic carbocycles. The van der Waals surface area contributed by atoms with E-state index >= 15 is 0 Å². The van der Waals surface area contributed by atoms with Gasteiger partial charge in [-0.3, -0.25) is 4.79 Å². The molecule has 39 heavy (non-hydrogen) atoms. The van der Waals surface area contributed by atoms with Crippen LogP contribution in [0.25, 0.3) is 11.1 Å². The average molecular weight is 550 g/mol. The number of hydrogen-bond acceptors (Lipinski definition) is 6. The van der Waals surface area contributed by atoms with Gasteiger partial charge in [0, 0.05) is 31.2 Å². The molecule has 1 N–H and O–H groups in total. The van der Waals surface area contributed by atoms with Crippen molar-refractivity contribution >= 4 is 17.7 Å². The van der Waals surface area contributed by atoms with Gasteiger partial charge in [0.25, 0.3) is 5.97 Å². The molecule has 0 fully saturated rings. The van der Waals surface area contributed by atoms with Gasteiger partial charge in [-0.15, -0.1) is 0 Å². The molecule has 6 nitrogen and oxygen atoms in total. The number of nitrogens with zero attached hydrogens (tertiary/aromatic N) is 1. The Morgan fingerprint density at radius 2 is 1.85 bits per heavy atom. The Morgan fingerprint density at radius 1 is 1.13 bits per heavy atom. The summed E-state index contributed by atoms with van der Waals surface area (Å²) in [4.78, 5) is 13.5. The maximum absolute atomic E-state index is 9.00. The molecule has 0 saturated carbocycles. The number of aromatic nitrogens is 1. The van der Waals surface area contributed by atoms with Crippen LogP contribution in [0.5, 0.6) is 17.4 Å². The lowest BCUT2D eigenvalue weighted by Gasteiger charge is -2.23. The van der Waals surface area contributed by atoms with Crippen molar-refractivity contribution < 1.29 is 24.1 Å². The highest BCUT2D eigenvalue weighted by atomic mass is 32.2. The Bertz CT molecular complexity index is 1320. The highest BCUT2D eigenvalue weighted by Gasteiger charge is 2.29. The molecule has 0 saturated heterocycles. The normalized spacial score (nSPS) is 15.1. The van der Waals surface area contributed by atoms with Gasteiger partial charge >= 0.3 is 0 Å². The molecule has 3 aromatic rings. The molecule has 1 unspecified atom stereocenters. The van der Waals surface area contributed by atoms with Gasteiger partial charge in [0.2, 0.25) is 5.88 Å². The molecule has 1 aromatic heterocycles. The number of carboxylic acid groups (broad SMARTS) is 1. The molecular weight excluding hydrogens is 510 g/mol. The number of carbonyl (C=O) groups is 1. The van der Waals surface area contributed by atoms with Gasteiger partial charge in [-0.05, 0) is 103 Å². The number of fused-ring (bicyclic) bond motifs is 2. The Kier molecular flexibility index (Phi) is 9.44. The summed E-state index contributed by atoms with van der Waals surface area (Å²) >= 11 is 1.87. The molecule has 0 spiro atoms. The van der Waals surface area contributed by atoms with Crippen LogP contribution >= 0.6 is 11.8 Å². The summed E-state index contributed by atoms with van der Waals surface area (Å²) < 4.78 is 18.4. The molecule has 7 heteroatoms. The minimum atomic E-state index is -0.833. The van der Waals surface area contributed by atoms with Crippen molar-refractivity contribution in [3.8, 4) is 28.5 Å². The van der Waals surface area contributed by atoms with Crippen molar-refractivity contribution in [3.63, 3.8) is 0 Å². The second-order valence-corrected chi connectivity index (χ2v) is 11.2. The number of carboxylic acids is 1. The smallest absolute Gasteiger partial charge is 0.300 e. The van der Waals surface area contributed by atoms with Crippen LogP contribution in [0.3, 0.4) is 0 Å². The first kappa shape index (κ1) is 28.8. The molecule has 0 amide bonds. The maximum Gasteiger partial charge on any atom is 0.300 e. The van der Waals surface area contributed by atoms with Crippen LogP contribution in [0.15, 0.2) is 30.5 Å². The van der Waals surface area contributed by atoms with Gasteiger partial charge < -0.3 is 19.3 Å². The van der Waals surface area contributed by atoms with E-state index in [1.807, 2.05) is 24.0 Å².